The van der Waals surface area contributed by atoms with E-state index < -0.39 is 17.5 Å². The number of allylic oxidation sites excluding steroid dienone is 1. The van der Waals surface area contributed by atoms with Crippen LogP contribution in [0.1, 0.15) is 6.92 Å². The molecule has 3 aromatic carbocycles. The quantitative estimate of drug-likeness (QED) is 0.273. The molecular weight excluding hydrogens is 429 g/mol. The van der Waals surface area contributed by atoms with Gasteiger partial charge in [0, 0.05) is 11.1 Å². The fourth-order valence-corrected chi connectivity index (χ4v) is 3.09. The first-order valence-electron chi connectivity index (χ1n) is 10.2. The molecule has 0 aliphatic rings. The highest BCUT2D eigenvalue weighted by atomic mass is 19.2. The predicted octanol–water partition coefficient (Wildman–Crippen LogP) is 7.34. The topological polar surface area (TPSA) is 38.7 Å². The molecule has 1 N–H and O–H groups in total. The molecule has 6 heteroatoms. The number of phenolic OH excluding ortho intramolecular Hbond substituents is 1. The number of rotatable bonds is 9. The Hall–Kier alpha value is -3.93. The normalized spacial score (nSPS) is 11.2. The summed E-state index contributed by atoms with van der Waals surface area (Å²) in [5, 5.41) is 9.38. The van der Waals surface area contributed by atoms with E-state index in [0.717, 1.165) is 0 Å². The van der Waals surface area contributed by atoms with Crippen LogP contribution in [0.5, 0.6) is 11.5 Å². The Morgan fingerprint density at radius 3 is 1.91 bits per heavy atom. The third-order valence-electron chi connectivity index (χ3n) is 4.77. The molecule has 33 heavy (non-hydrogen) atoms. The summed E-state index contributed by atoms with van der Waals surface area (Å²) >= 11 is 0. The lowest BCUT2D eigenvalue weighted by atomic mass is 9.98. The number of benzene rings is 3. The van der Waals surface area contributed by atoms with Crippen molar-refractivity contribution in [3.8, 4) is 33.8 Å². The van der Waals surface area contributed by atoms with E-state index >= 15 is 0 Å². The first-order chi connectivity index (χ1) is 15.8. The monoisotopic (exact) mass is 452 g/mol. The van der Waals surface area contributed by atoms with Crippen molar-refractivity contribution in [3.05, 3.63) is 109 Å². The highest BCUT2D eigenvalue weighted by molar-refractivity contribution is 5.72. The Morgan fingerprint density at radius 1 is 0.879 bits per heavy atom. The Balaban J connectivity index is 1.70. The van der Waals surface area contributed by atoms with Gasteiger partial charge in [-0.2, -0.15) is 0 Å². The molecule has 0 aliphatic carbocycles. The van der Waals surface area contributed by atoms with Crippen molar-refractivity contribution < 1.29 is 27.8 Å². The van der Waals surface area contributed by atoms with E-state index in [-0.39, 0.29) is 29.2 Å². The van der Waals surface area contributed by atoms with Gasteiger partial charge >= 0.3 is 0 Å². The van der Waals surface area contributed by atoms with Crippen LogP contribution in [0.15, 0.2) is 97.1 Å². The van der Waals surface area contributed by atoms with Crippen molar-refractivity contribution in [2.45, 2.75) is 6.92 Å². The molecule has 0 fully saturated rings. The van der Waals surface area contributed by atoms with Crippen LogP contribution in [0.25, 0.3) is 22.3 Å². The summed E-state index contributed by atoms with van der Waals surface area (Å²) in [6, 6.07) is 15.2. The maximum atomic E-state index is 14.8. The zero-order chi connectivity index (χ0) is 24.0. The Labute approximate surface area is 190 Å². The summed E-state index contributed by atoms with van der Waals surface area (Å²) in [4.78, 5) is 0. The number of ether oxygens (including phenoxy) is 2. The zero-order valence-corrected chi connectivity index (χ0v) is 18.1. The average molecular weight is 452 g/mol. The first kappa shape index (κ1) is 23.7. The van der Waals surface area contributed by atoms with Crippen molar-refractivity contribution in [2.75, 3.05) is 13.2 Å². The van der Waals surface area contributed by atoms with Crippen molar-refractivity contribution in [3.63, 3.8) is 0 Å². The second-order valence-corrected chi connectivity index (χ2v) is 7.16. The maximum absolute atomic E-state index is 14.8. The molecular formula is C27H23F3O3. The van der Waals surface area contributed by atoms with Gasteiger partial charge in [-0.3, -0.25) is 0 Å². The van der Waals surface area contributed by atoms with Gasteiger partial charge in [-0.25, -0.2) is 13.2 Å². The Kier molecular flexibility index (Phi) is 7.61. The smallest absolute Gasteiger partial charge is 0.167 e. The second-order valence-electron chi connectivity index (χ2n) is 7.16. The molecule has 0 saturated carbocycles. The molecule has 3 rings (SSSR count). The van der Waals surface area contributed by atoms with Crippen LogP contribution >= 0.6 is 0 Å². The molecule has 0 amide bonds. The highest BCUT2D eigenvalue weighted by Gasteiger charge is 2.16. The van der Waals surface area contributed by atoms with E-state index in [4.69, 9.17) is 9.47 Å². The van der Waals surface area contributed by atoms with Gasteiger partial charge in [0.1, 0.15) is 23.9 Å². The Morgan fingerprint density at radius 2 is 1.39 bits per heavy atom. The van der Waals surface area contributed by atoms with Crippen molar-refractivity contribution in [1.82, 2.24) is 0 Å². The fraction of sp³-hybridized carbons (Fsp3) is 0.111. The molecule has 0 heterocycles. The van der Waals surface area contributed by atoms with Crippen molar-refractivity contribution in [2.24, 2.45) is 0 Å². The number of phenols is 1. The molecule has 0 radical (unpaired) electrons. The van der Waals surface area contributed by atoms with Gasteiger partial charge in [0.2, 0.25) is 0 Å². The van der Waals surface area contributed by atoms with Crippen LogP contribution in [0, 0.1) is 11.6 Å². The van der Waals surface area contributed by atoms with E-state index in [1.807, 2.05) is 0 Å². The molecule has 0 bridgehead atoms. The van der Waals surface area contributed by atoms with Gasteiger partial charge in [-0.1, -0.05) is 49.6 Å². The van der Waals surface area contributed by atoms with E-state index in [1.165, 1.54) is 42.5 Å². The summed E-state index contributed by atoms with van der Waals surface area (Å²) in [6.07, 6.45) is 1.18. The van der Waals surface area contributed by atoms with Gasteiger partial charge in [-0.05, 0) is 54.0 Å². The summed E-state index contributed by atoms with van der Waals surface area (Å²) in [5.74, 6) is -2.16. The minimum atomic E-state index is -0.975. The predicted molar refractivity (Wildman–Crippen MR) is 123 cm³/mol. The molecule has 3 nitrogen and oxygen atoms in total. The second kappa shape index (κ2) is 10.6. The van der Waals surface area contributed by atoms with Gasteiger partial charge < -0.3 is 14.6 Å². The van der Waals surface area contributed by atoms with Crippen LogP contribution in [0.2, 0.25) is 0 Å². The highest BCUT2D eigenvalue weighted by Crippen LogP contribution is 2.32. The average Bonchev–Trinajstić information content (AvgIpc) is 2.81. The van der Waals surface area contributed by atoms with Crippen molar-refractivity contribution in [1.29, 1.82) is 0 Å². The van der Waals surface area contributed by atoms with Gasteiger partial charge in [0.05, 0.1) is 6.61 Å². The summed E-state index contributed by atoms with van der Waals surface area (Å²) in [7, 11) is 0. The van der Waals surface area contributed by atoms with Crippen molar-refractivity contribution >= 4 is 0 Å². The summed E-state index contributed by atoms with van der Waals surface area (Å²) in [6.45, 7) is 9.27. The molecule has 0 unspecified atom stereocenters. The molecule has 0 aromatic heterocycles. The lowest BCUT2D eigenvalue weighted by Crippen LogP contribution is -2.00. The van der Waals surface area contributed by atoms with E-state index in [1.54, 1.807) is 31.2 Å². The van der Waals surface area contributed by atoms with Crippen LogP contribution in [-0.2, 0) is 4.74 Å². The molecule has 3 aromatic rings. The number of hydrogen-bond acceptors (Lipinski definition) is 3. The number of hydrogen-bond donors (Lipinski definition) is 1. The fourth-order valence-electron chi connectivity index (χ4n) is 3.09. The van der Waals surface area contributed by atoms with Crippen LogP contribution in [0.3, 0.4) is 0 Å². The molecule has 0 aliphatic heterocycles. The lowest BCUT2D eigenvalue weighted by molar-refractivity contribution is 0.226. The van der Waals surface area contributed by atoms with Crippen LogP contribution in [-0.4, -0.2) is 18.3 Å². The SMILES string of the molecule is C=C(/C=C(/F)C(=C)OCC)COc1ccc(-c2ccc(-c3ccc(O)cc3)c(F)c2F)cc1. The van der Waals surface area contributed by atoms with E-state index in [2.05, 4.69) is 13.2 Å². The van der Waals surface area contributed by atoms with Gasteiger partial charge in [-0.15, -0.1) is 0 Å². The van der Waals surface area contributed by atoms with Crippen LogP contribution in [0.4, 0.5) is 13.2 Å². The minimum Gasteiger partial charge on any atom is -0.508 e. The van der Waals surface area contributed by atoms with Gasteiger partial charge in [0.15, 0.2) is 17.5 Å². The molecule has 170 valence electrons. The zero-order valence-electron chi connectivity index (χ0n) is 18.1. The lowest BCUT2D eigenvalue weighted by Gasteiger charge is -2.11. The maximum Gasteiger partial charge on any atom is 0.167 e. The molecule has 0 spiro atoms. The molecule has 0 saturated heterocycles. The van der Waals surface area contributed by atoms with Crippen LogP contribution < -0.4 is 4.74 Å². The third kappa shape index (κ3) is 5.86. The Bertz CT molecular complexity index is 1180. The molecule has 0 atom stereocenters. The largest absolute Gasteiger partial charge is 0.508 e. The minimum absolute atomic E-state index is 0.0243. The third-order valence-corrected chi connectivity index (χ3v) is 4.77. The number of halogens is 3. The standard InChI is InChI=1S/C27H23F3O3/c1-4-32-18(3)25(28)15-17(2)16-33-22-11-7-20(8-12-22)24-14-13-23(26(29)27(24)30)19-5-9-21(31)10-6-19/h5-15,31H,2-4,16H2,1H3/b25-15+. The summed E-state index contributed by atoms with van der Waals surface area (Å²) < 4.78 is 53.9. The summed E-state index contributed by atoms with van der Waals surface area (Å²) in [5.41, 5.74) is 1.49. The number of aromatic hydroxyl groups is 1. The van der Waals surface area contributed by atoms with E-state index in [9.17, 15) is 18.3 Å². The van der Waals surface area contributed by atoms with Gasteiger partial charge in [0.25, 0.3) is 0 Å². The first-order valence-corrected chi connectivity index (χ1v) is 10.2. The van der Waals surface area contributed by atoms with E-state index in [0.29, 0.717) is 29.1 Å².